The van der Waals surface area contributed by atoms with Gasteiger partial charge in [0.2, 0.25) is 0 Å². The number of benzene rings is 2. The molecule has 0 amide bonds. The predicted octanol–water partition coefficient (Wildman–Crippen LogP) is 4.98. The number of rotatable bonds is 5. The van der Waals surface area contributed by atoms with Crippen LogP contribution in [0.4, 0.5) is 13.2 Å². The van der Waals surface area contributed by atoms with Crippen LogP contribution in [-0.2, 0) is 4.79 Å². The van der Waals surface area contributed by atoms with Crippen molar-refractivity contribution in [1.29, 1.82) is 0 Å². The number of fused-ring (bicyclic) bond motifs is 1. The van der Waals surface area contributed by atoms with Gasteiger partial charge in [0.05, 0.1) is 11.4 Å². The van der Waals surface area contributed by atoms with Crippen LogP contribution in [0.1, 0.15) is 47.8 Å². The number of aliphatic carboxylic acids is 1. The minimum absolute atomic E-state index is 0.0297. The highest BCUT2D eigenvalue weighted by Crippen LogP contribution is 2.40. The van der Waals surface area contributed by atoms with Crippen LogP contribution in [0.2, 0.25) is 0 Å². The molecule has 0 saturated carbocycles. The minimum Gasteiger partial charge on any atom is -0.505 e. The number of phenolic OH excluding ortho intramolecular Hbond substituents is 1. The average molecular weight is 419 g/mol. The smallest absolute Gasteiger partial charge is 0.311 e. The zero-order chi connectivity index (χ0) is 22.3. The van der Waals surface area contributed by atoms with Crippen molar-refractivity contribution < 1.29 is 33.0 Å². The van der Waals surface area contributed by atoms with Crippen LogP contribution in [0.3, 0.4) is 0 Å². The van der Waals surface area contributed by atoms with Crippen molar-refractivity contribution in [3.63, 3.8) is 0 Å². The molecule has 2 aromatic carbocycles. The van der Waals surface area contributed by atoms with E-state index in [1.807, 2.05) is 0 Å². The Labute approximate surface area is 170 Å². The van der Waals surface area contributed by atoms with E-state index in [-0.39, 0.29) is 27.7 Å². The molecule has 0 radical (unpaired) electrons. The molecule has 1 heterocycles. The van der Waals surface area contributed by atoms with Gasteiger partial charge in [0.25, 0.3) is 5.91 Å². The highest BCUT2D eigenvalue weighted by molar-refractivity contribution is 6.05. The SMILES string of the molecule is CCC(C)C(C(=O)O)c1c(C)n(C(=O)c2ccc(F)c(F)c2)c2ccc(O)c(F)c12. The van der Waals surface area contributed by atoms with Crippen molar-refractivity contribution in [3.05, 3.63) is 64.6 Å². The molecule has 0 bridgehead atoms. The van der Waals surface area contributed by atoms with Gasteiger partial charge in [-0.05, 0) is 48.7 Å². The lowest BCUT2D eigenvalue weighted by Gasteiger charge is -2.20. The summed E-state index contributed by atoms with van der Waals surface area (Å²) in [5.74, 6) is -7.60. The summed E-state index contributed by atoms with van der Waals surface area (Å²) in [5, 5.41) is 19.5. The standard InChI is InChI=1S/C22H20F3NO4/c1-4-10(2)17(22(29)30)18-11(3)26(15-7-8-16(27)20(25)19(15)18)21(28)12-5-6-13(23)14(24)9-12/h5-10,17,27H,4H2,1-3H3,(H,29,30). The normalized spacial score (nSPS) is 13.4. The van der Waals surface area contributed by atoms with E-state index in [2.05, 4.69) is 0 Å². The Kier molecular flexibility index (Phi) is 5.61. The topological polar surface area (TPSA) is 79.5 Å². The fourth-order valence-electron chi connectivity index (χ4n) is 3.77. The van der Waals surface area contributed by atoms with Gasteiger partial charge in [0, 0.05) is 16.6 Å². The van der Waals surface area contributed by atoms with Crippen LogP contribution >= 0.6 is 0 Å². The average Bonchev–Trinajstić information content (AvgIpc) is 2.98. The Bertz CT molecular complexity index is 1170. The van der Waals surface area contributed by atoms with E-state index in [1.54, 1.807) is 13.8 Å². The molecule has 2 N–H and O–H groups in total. The summed E-state index contributed by atoms with van der Waals surface area (Å²) < 4.78 is 43.0. The molecule has 0 fully saturated rings. The summed E-state index contributed by atoms with van der Waals surface area (Å²) in [7, 11) is 0. The van der Waals surface area contributed by atoms with E-state index in [1.165, 1.54) is 13.0 Å². The number of aromatic hydroxyl groups is 1. The summed E-state index contributed by atoms with van der Waals surface area (Å²) in [6.45, 7) is 4.94. The zero-order valence-corrected chi connectivity index (χ0v) is 16.5. The molecule has 5 nitrogen and oxygen atoms in total. The predicted molar refractivity (Wildman–Crippen MR) is 104 cm³/mol. The van der Waals surface area contributed by atoms with Gasteiger partial charge in [-0.15, -0.1) is 0 Å². The maximum Gasteiger partial charge on any atom is 0.311 e. The number of aromatic nitrogens is 1. The van der Waals surface area contributed by atoms with Crippen LogP contribution in [0.25, 0.3) is 10.9 Å². The van der Waals surface area contributed by atoms with E-state index >= 15 is 0 Å². The zero-order valence-electron chi connectivity index (χ0n) is 16.5. The quantitative estimate of drug-likeness (QED) is 0.612. The van der Waals surface area contributed by atoms with Gasteiger partial charge in [-0.2, -0.15) is 0 Å². The first-order valence-corrected chi connectivity index (χ1v) is 9.35. The van der Waals surface area contributed by atoms with Gasteiger partial charge in [0.15, 0.2) is 23.2 Å². The van der Waals surface area contributed by atoms with Gasteiger partial charge in [-0.1, -0.05) is 20.3 Å². The summed E-state index contributed by atoms with van der Waals surface area (Å²) in [5.41, 5.74) is 0.0551. The first-order valence-electron chi connectivity index (χ1n) is 9.35. The molecule has 3 rings (SSSR count). The molecule has 8 heteroatoms. The Morgan fingerprint density at radius 2 is 1.77 bits per heavy atom. The third-order valence-corrected chi connectivity index (χ3v) is 5.49. The van der Waals surface area contributed by atoms with Crippen LogP contribution in [-0.4, -0.2) is 26.7 Å². The lowest BCUT2D eigenvalue weighted by atomic mass is 9.84. The molecule has 0 aliphatic rings. The van der Waals surface area contributed by atoms with Crippen molar-refractivity contribution >= 4 is 22.8 Å². The molecule has 0 spiro atoms. The molecular weight excluding hydrogens is 399 g/mol. The molecule has 1 aromatic heterocycles. The molecule has 0 aliphatic heterocycles. The number of carbonyl (C=O) groups is 2. The summed E-state index contributed by atoms with van der Waals surface area (Å²) in [6.07, 6.45) is 0.473. The van der Waals surface area contributed by atoms with Gasteiger partial charge in [-0.3, -0.25) is 14.2 Å². The Balaban J connectivity index is 2.38. The first kappa shape index (κ1) is 21.4. The maximum atomic E-state index is 14.9. The number of nitrogens with zero attached hydrogens (tertiary/aromatic N) is 1. The van der Waals surface area contributed by atoms with E-state index in [0.29, 0.717) is 6.42 Å². The van der Waals surface area contributed by atoms with Crippen LogP contribution in [0, 0.1) is 30.3 Å². The third kappa shape index (κ3) is 3.32. The van der Waals surface area contributed by atoms with Crippen molar-refractivity contribution in [1.82, 2.24) is 4.57 Å². The second-order valence-electron chi connectivity index (χ2n) is 7.26. The molecule has 158 valence electrons. The maximum absolute atomic E-state index is 14.9. The second kappa shape index (κ2) is 7.85. The molecule has 30 heavy (non-hydrogen) atoms. The molecule has 2 unspecified atom stereocenters. The highest BCUT2D eigenvalue weighted by atomic mass is 19.2. The molecular formula is C22H20F3NO4. The van der Waals surface area contributed by atoms with Crippen LogP contribution < -0.4 is 0 Å². The number of carbonyl (C=O) groups excluding carboxylic acids is 1. The molecule has 3 aromatic rings. The lowest BCUT2D eigenvalue weighted by molar-refractivity contribution is -0.140. The number of halogens is 3. The number of phenols is 1. The summed E-state index contributed by atoms with van der Waals surface area (Å²) in [6, 6.07) is 4.96. The van der Waals surface area contributed by atoms with Gasteiger partial charge in [0.1, 0.15) is 0 Å². The monoisotopic (exact) mass is 419 g/mol. The fraction of sp³-hybridized carbons (Fsp3) is 0.273. The van der Waals surface area contributed by atoms with E-state index < -0.39 is 46.9 Å². The van der Waals surface area contributed by atoms with Gasteiger partial charge < -0.3 is 10.2 Å². The summed E-state index contributed by atoms with van der Waals surface area (Å²) in [4.78, 5) is 25.2. The Hall–Kier alpha value is -3.29. The first-order chi connectivity index (χ1) is 14.1. The minimum atomic E-state index is -1.22. The second-order valence-corrected chi connectivity index (χ2v) is 7.26. The Morgan fingerprint density at radius 1 is 1.10 bits per heavy atom. The van der Waals surface area contributed by atoms with E-state index in [4.69, 9.17) is 0 Å². The van der Waals surface area contributed by atoms with Crippen LogP contribution in [0.15, 0.2) is 30.3 Å². The number of carboxylic acids is 1. The van der Waals surface area contributed by atoms with E-state index in [0.717, 1.165) is 28.8 Å². The van der Waals surface area contributed by atoms with Gasteiger partial charge in [-0.25, -0.2) is 13.2 Å². The van der Waals surface area contributed by atoms with Gasteiger partial charge >= 0.3 is 5.97 Å². The summed E-state index contributed by atoms with van der Waals surface area (Å²) >= 11 is 0. The molecule has 0 saturated heterocycles. The largest absolute Gasteiger partial charge is 0.505 e. The van der Waals surface area contributed by atoms with Crippen molar-refractivity contribution in [2.45, 2.75) is 33.1 Å². The molecule has 0 aliphatic carbocycles. The Morgan fingerprint density at radius 3 is 2.33 bits per heavy atom. The number of carboxylic acid groups (broad SMARTS) is 1. The van der Waals surface area contributed by atoms with E-state index in [9.17, 15) is 33.0 Å². The van der Waals surface area contributed by atoms with Crippen molar-refractivity contribution in [3.8, 4) is 5.75 Å². The fourth-order valence-corrected chi connectivity index (χ4v) is 3.77. The molecule has 2 atom stereocenters. The van der Waals surface area contributed by atoms with Crippen LogP contribution in [0.5, 0.6) is 5.75 Å². The van der Waals surface area contributed by atoms with Crippen molar-refractivity contribution in [2.24, 2.45) is 5.92 Å². The number of hydrogen-bond donors (Lipinski definition) is 2. The number of hydrogen-bond acceptors (Lipinski definition) is 3. The third-order valence-electron chi connectivity index (χ3n) is 5.49. The van der Waals surface area contributed by atoms with Crippen molar-refractivity contribution in [2.75, 3.05) is 0 Å². The lowest BCUT2D eigenvalue weighted by Crippen LogP contribution is -2.21. The highest BCUT2D eigenvalue weighted by Gasteiger charge is 2.34.